The minimum absolute atomic E-state index is 0.117. The van der Waals surface area contributed by atoms with Crippen molar-refractivity contribution in [1.82, 2.24) is 14.8 Å². The highest BCUT2D eigenvalue weighted by Gasteiger charge is 2.09. The molecule has 0 atom stereocenters. The molecule has 0 amide bonds. The number of benzene rings is 2. The zero-order valence-electron chi connectivity index (χ0n) is 12.6. The fourth-order valence-electron chi connectivity index (χ4n) is 2.49. The van der Waals surface area contributed by atoms with Gasteiger partial charge in [0.05, 0.1) is 0 Å². The zero-order valence-corrected chi connectivity index (χ0v) is 13.4. The summed E-state index contributed by atoms with van der Waals surface area (Å²) >= 11 is 1.61. The molecule has 0 aliphatic carbocycles. The molecule has 0 saturated heterocycles. The van der Waals surface area contributed by atoms with Crippen LogP contribution in [0.5, 0.6) is 0 Å². The van der Waals surface area contributed by atoms with Crippen LogP contribution < -0.4 is 5.69 Å². The number of hydrogen-bond acceptors (Lipinski definition) is 3. The van der Waals surface area contributed by atoms with E-state index in [4.69, 9.17) is 0 Å². The second-order valence-electron chi connectivity index (χ2n) is 5.24. The van der Waals surface area contributed by atoms with Crippen molar-refractivity contribution >= 4 is 22.5 Å². The predicted molar refractivity (Wildman–Crippen MR) is 91.3 cm³/mol. The van der Waals surface area contributed by atoms with E-state index >= 15 is 0 Å². The molecule has 5 heteroatoms. The molecular formula is C17H19N3OS. The van der Waals surface area contributed by atoms with Crippen molar-refractivity contribution in [2.24, 2.45) is 0 Å². The van der Waals surface area contributed by atoms with Gasteiger partial charge in [-0.1, -0.05) is 67.6 Å². The fourth-order valence-corrected chi connectivity index (χ4v) is 3.46. The third kappa shape index (κ3) is 3.09. The smallest absolute Gasteiger partial charge is 0.270 e. The van der Waals surface area contributed by atoms with Crippen LogP contribution in [-0.4, -0.2) is 14.8 Å². The Kier molecular flexibility index (Phi) is 4.63. The van der Waals surface area contributed by atoms with Gasteiger partial charge in [0, 0.05) is 12.3 Å². The number of H-pyrrole nitrogens is 1. The Hall–Kier alpha value is -2.01. The van der Waals surface area contributed by atoms with E-state index in [0.717, 1.165) is 30.3 Å². The molecule has 0 aliphatic heterocycles. The molecule has 0 unspecified atom stereocenters. The summed E-state index contributed by atoms with van der Waals surface area (Å²) in [5.41, 5.74) is 1.15. The molecule has 3 aromatic rings. The number of rotatable bonds is 6. The number of nitrogens with zero attached hydrogens (tertiary/aromatic N) is 2. The molecule has 3 rings (SSSR count). The molecule has 0 bridgehead atoms. The quantitative estimate of drug-likeness (QED) is 0.704. The van der Waals surface area contributed by atoms with E-state index in [9.17, 15) is 4.79 Å². The maximum Gasteiger partial charge on any atom is 0.343 e. The van der Waals surface area contributed by atoms with Crippen LogP contribution in [-0.2, 0) is 12.3 Å². The topological polar surface area (TPSA) is 50.7 Å². The molecule has 0 spiro atoms. The van der Waals surface area contributed by atoms with Gasteiger partial charge in [-0.25, -0.2) is 9.89 Å². The SMILES string of the molecule is CCCCn1c(SCc2cccc3ccccc23)n[nH]c1=O. The number of aromatic amines is 1. The maximum atomic E-state index is 11.8. The van der Waals surface area contributed by atoms with Gasteiger partial charge >= 0.3 is 5.69 Å². The summed E-state index contributed by atoms with van der Waals surface area (Å²) in [6.45, 7) is 2.84. The molecule has 0 saturated carbocycles. The summed E-state index contributed by atoms with van der Waals surface area (Å²) in [6, 6.07) is 14.7. The fraction of sp³-hybridized carbons (Fsp3) is 0.294. The van der Waals surface area contributed by atoms with Crippen LogP contribution in [0.1, 0.15) is 25.3 Å². The number of fused-ring (bicyclic) bond motifs is 1. The zero-order chi connectivity index (χ0) is 15.4. The number of thioether (sulfide) groups is 1. The number of unbranched alkanes of at least 4 members (excludes halogenated alkanes) is 1. The molecule has 0 fully saturated rings. The Morgan fingerprint density at radius 1 is 1.18 bits per heavy atom. The average molecular weight is 313 g/mol. The Balaban J connectivity index is 1.81. The highest BCUT2D eigenvalue weighted by Crippen LogP contribution is 2.25. The van der Waals surface area contributed by atoms with Crippen molar-refractivity contribution in [3.8, 4) is 0 Å². The first-order chi connectivity index (χ1) is 10.8. The Morgan fingerprint density at radius 3 is 2.86 bits per heavy atom. The predicted octanol–water partition coefficient (Wildman–Crippen LogP) is 3.82. The Morgan fingerprint density at radius 2 is 2.00 bits per heavy atom. The lowest BCUT2D eigenvalue weighted by Gasteiger charge is -2.07. The second-order valence-corrected chi connectivity index (χ2v) is 6.19. The van der Waals surface area contributed by atoms with Crippen LogP contribution in [0.15, 0.2) is 52.4 Å². The van der Waals surface area contributed by atoms with Crippen LogP contribution in [0.2, 0.25) is 0 Å². The summed E-state index contributed by atoms with van der Waals surface area (Å²) < 4.78 is 1.74. The van der Waals surface area contributed by atoms with Crippen molar-refractivity contribution in [3.05, 3.63) is 58.5 Å². The molecule has 2 aromatic carbocycles. The molecule has 0 aliphatic rings. The summed E-state index contributed by atoms with van der Waals surface area (Å²) in [7, 11) is 0. The minimum atomic E-state index is -0.117. The van der Waals surface area contributed by atoms with Crippen LogP contribution in [0.25, 0.3) is 10.8 Å². The molecule has 1 aromatic heterocycles. The Bertz CT molecular complexity index is 817. The summed E-state index contributed by atoms with van der Waals surface area (Å²) in [5.74, 6) is 0.803. The Labute approximate surface area is 133 Å². The highest BCUT2D eigenvalue weighted by molar-refractivity contribution is 7.98. The van der Waals surface area contributed by atoms with Crippen molar-refractivity contribution in [2.75, 3.05) is 0 Å². The molecule has 1 heterocycles. The number of aromatic nitrogens is 3. The normalized spacial score (nSPS) is 11.1. The van der Waals surface area contributed by atoms with Crippen LogP contribution >= 0.6 is 11.8 Å². The third-order valence-electron chi connectivity index (χ3n) is 3.70. The standard InChI is InChI=1S/C17H19N3OS/c1-2-3-11-20-16(21)18-19-17(20)22-12-14-9-6-8-13-7-4-5-10-15(13)14/h4-10H,2-3,11-12H2,1H3,(H,18,21). The van der Waals surface area contributed by atoms with Crippen molar-refractivity contribution < 1.29 is 0 Å². The van der Waals surface area contributed by atoms with Crippen molar-refractivity contribution in [3.63, 3.8) is 0 Å². The monoisotopic (exact) mass is 313 g/mol. The van der Waals surface area contributed by atoms with E-state index in [1.165, 1.54) is 16.3 Å². The van der Waals surface area contributed by atoms with Gasteiger partial charge in [-0.2, -0.15) is 0 Å². The van der Waals surface area contributed by atoms with E-state index < -0.39 is 0 Å². The van der Waals surface area contributed by atoms with E-state index in [0.29, 0.717) is 0 Å². The first-order valence-corrected chi connectivity index (χ1v) is 8.53. The van der Waals surface area contributed by atoms with Gasteiger partial charge < -0.3 is 0 Å². The van der Waals surface area contributed by atoms with Crippen LogP contribution in [0.4, 0.5) is 0 Å². The third-order valence-corrected chi connectivity index (χ3v) is 4.72. The minimum Gasteiger partial charge on any atom is -0.270 e. The van der Waals surface area contributed by atoms with Gasteiger partial charge in [-0.05, 0) is 22.8 Å². The van der Waals surface area contributed by atoms with Gasteiger partial charge in [0.1, 0.15) is 0 Å². The summed E-state index contributed by atoms with van der Waals surface area (Å²) in [4.78, 5) is 11.8. The average Bonchev–Trinajstić information content (AvgIpc) is 2.91. The van der Waals surface area contributed by atoms with Gasteiger partial charge in [0.2, 0.25) is 0 Å². The largest absolute Gasteiger partial charge is 0.343 e. The van der Waals surface area contributed by atoms with Crippen LogP contribution in [0, 0.1) is 0 Å². The first kappa shape index (κ1) is 14.9. The van der Waals surface area contributed by atoms with E-state index in [1.807, 2.05) is 0 Å². The lowest BCUT2D eigenvalue weighted by molar-refractivity contribution is 0.573. The second kappa shape index (κ2) is 6.83. The molecule has 4 nitrogen and oxygen atoms in total. The molecule has 0 radical (unpaired) electrons. The molecule has 1 N–H and O–H groups in total. The lowest BCUT2D eigenvalue weighted by atomic mass is 10.1. The summed E-state index contributed by atoms with van der Waals surface area (Å²) in [5, 5.41) is 9.98. The van der Waals surface area contributed by atoms with E-state index in [2.05, 4.69) is 59.6 Å². The molecular weight excluding hydrogens is 294 g/mol. The molecule has 22 heavy (non-hydrogen) atoms. The number of hydrogen-bond donors (Lipinski definition) is 1. The van der Waals surface area contributed by atoms with Crippen LogP contribution in [0.3, 0.4) is 0 Å². The van der Waals surface area contributed by atoms with Crippen molar-refractivity contribution in [2.45, 2.75) is 37.2 Å². The van der Waals surface area contributed by atoms with Gasteiger partial charge in [0.15, 0.2) is 5.16 Å². The maximum absolute atomic E-state index is 11.8. The van der Waals surface area contributed by atoms with Gasteiger partial charge in [-0.15, -0.1) is 5.10 Å². The summed E-state index contributed by atoms with van der Waals surface area (Å²) in [6.07, 6.45) is 2.05. The van der Waals surface area contributed by atoms with Gasteiger partial charge in [0.25, 0.3) is 0 Å². The van der Waals surface area contributed by atoms with Crippen molar-refractivity contribution in [1.29, 1.82) is 0 Å². The number of nitrogens with one attached hydrogen (secondary N) is 1. The van der Waals surface area contributed by atoms with E-state index in [-0.39, 0.29) is 5.69 Å². The highest BCUT2D eigenvalue weighted by atomic mass is 32.2. The van der Waals surface area contributed by atoms with E-state index in [1.54, 1.807) is 16.3 Å². The molecule has 114 valence electrons. The lowest BCUT2D eigenvalue weighted by Crippen LogP contribution is -2.17. The first-order valence-electron chi connectivity index (χ1n) is 7.54. The van der Waals surface area contributed by atoms with Gasteiger partial charge in [-0.3, -0.25) is 4.57 Å².